The predicted molar refractivity (Wildman–Crippen MR) is 99.4 cm³/mol. The zero-order valence-electron chi connectivity index (χ0n) is 14.1. The molecule has 1 atom stereocenters. The number of carbonyl (C=O) groups excluding carboxylic acids is 1. The molecule has 1 aliphatic heterocycles. The first-order valence-electron chi connectivity index (χ1n) is 8.37. The lowest BCUT2D eigenvalue weighted by Crippen LogP contribution is -2.29. The molecule has 0 saturated heterocycles. The molecule has 25 heavy (non-hydrogen) atoms. The fraction of sp³-hybridized carbons (Fsp3) is 0.136. The average Bonchev–Trinajstić information content (AvgIpc) is 3.08. The van der Waals surface area contributed by atoms with Crippen LogP contribution in [0.5, 0.6) is 5.75 Å². The highest BCUT2D eigenvalue weighted by Gasteiger charge is 2.33. The van der Waals surface area contributed by atoms with Crippen molar-refractivity contribution in [1.29, 1.82) is 0 Å². The van der Waals surface area contributed by atoms with Crippen LogP contribution in [-0.2, 0) is 0 Å². The summed E-state index contributed by atoms with van der Waals surface area (Å²) in [5.41, 5.74) is 4.04. The first-order chi connectivity index (χ1) is 12.3. The summed E-state index contributed by atoms with van der Waals surface area (Å²) in [5.74, 6) is 1.03. The van der Waals surface area contributed by atoms with Crippen LogP contribution in [0.1, 0.15) is 27.4 Å². The number of rotatable bonds is 3. The minimum Gasteiger partial charge on any atom is -0.497 e. The minimum absolute atomic E-state index is 0.0402. The van der Waals surface area contributed by atoms with Crippen LogP contribution < -0.4 is 9.64 Å². The Morgan fingerprint density at radius 1 is 0.960 bits per heavy atom. The standard InChI is InChI=1S/C22H19NO2/c1-25-18-11-7-10-17(14-18)20-15-23(21-13-6-5-12-19(20)21)22(24)16-8-3-2-4-9-16/h2-14,20H,15H2,1H3. The number of methoxy groups -OCH3 is 1. The average molecular weight is 329 g/mol. The number of amides is 1. The maximum Gasteiger partial charge on any atom is 0.258 e. The van der Waals surface area contributed by atoms with Crippen LogP contribution in [0.3, 0.4) is 0 Å². The van der Waals surface area contributed by atoms with Gasteiger partial charge < -0.3 is 9.64 Å². The van der Waals surface area contributed by atoms with E-state index in [0.29, 0.717) is 12.1 Å². The lowest BCUT2D eigenvalue weighted by atomic mass is 9.93. The highest BCUT2D eigenvalue weighted by Crippen LogP contribution is 2.41. The number of anilines is 1. The Morgan fingerprint density at radius 2 is 1.72 bits per heavy atom. The van der Waals surface area contributed by atoms with E-state index in [2.05, 4.69) is 18.2 Å². The van der Waals surface area contributed by atoms with Crippen molar-refractivity contribution in [2.45, 2.75) is 5.92 Å². The molecule has 0 fully saturated rings. The number of carbonyl (C=O) groups is 1. The normalized spacial score (nSPS) is 15.7. The Bertz CT molecular complexity index is 905. The summed E-state index contributed by atoms with van der Waals surface area (Å²) in [4.78, 5) is 14.9. The second-order valence-corrected chi connectivity index (χ2v) is 6.17. The lowest BCUT2D eigenvalue weighted by Gasteiger charge is -2.18. The van der Waals surface area contributed by atoms with Gasteiger partial charge in [-0.15, -0.1) is 0 Å². The molecule has 1 aliphatic rings. The topological polar surface area (TPSA) is 29.5 Å². The van der Waals surface area contributed by atoms with Gasteiger partial charge in [-0.05, 0) is 41.5 Å². The Labute approximate surface area is 147 Å². The molecule has 124 valence electrons. The van der Waals surface area contributed by atoms with Gasteiger partial charge in [-0.3, -0.25) is 4.79 Å². The quantitative estimate of drug-likeness (QED) is 0.709. The van der Waals surface area contributed by atoms with Crippen molar-refractivity contribution in [3.63, 3.8) is 0 Å². The first-order valence-corrected chi connectivity index (χ1v) is 8.37. The van der Waals surface area contributed by atoms with Crippen LogP contribution in [0.2, 0.25) is 0 Å². The van der Waals surface area contributed by atoms with E-state index < -0.39 is 0 Å². The number of ether oxygens (including phenoxy) is 1. The number of fused-ring (bicyclic) bond motifs is 1. The van der Waals surface area contributed by atoms with Crippen LogP contribution in [0, 0.1) is 0 Å². The number of para-hydroxylation sites is 1. The van der Waals surface area contributed by atoms with Crippen molar-refractivity contribution < 1.29 is 9.53 Å². The maximum atomic E-state index is 13.0. The monoisotopic (exact) mass is 329 g/mol. The summed E-state index contributed by atoms with van der Waals surface area (Å²) in [5, 5.41) is 0. The molecule has 3 aromatic carbocycles. The fourth-order valence-corrected chi connectivity index (χ4v) is 3.48. The second kappa shape index (κ2) is 6.44. The van der Waals surface area contributed by atoms with E-state index >= 15 is 0 Å². The summed E-state index contributed by atoms with van der Waals surface area (Å²) in [6.07, 6.45) is 0. The molecule has 3 aromatic rings. The van der Waals surface area contributed by atoms with Gasteiger partial charge >= 0.3 is 0 Å². The van der Waals surface area contributed by atoms with E-state index in [0.717, 1.165) is 17.0 Å². The van der Waals surface area contributed by atoms with E-state index in [4.69, 9.17) is 4.74 Å². The van der Waals surface area contributed by atoms with Gasteiger partial charge in [0.25, 0.3) is 5.91 Å². The Kier molecular flexibility index (Phi) is 3.98. The van der Waals surface area contributed by atoms with E-state index in [1.165, 1.54) is 5.56 Å². The molecule has 0 N–H and O–H groups in total. The van der Waals surface area contributed by atoms with Gasteiger partial charge in [0.2, 0.25) is 0 Å². The molecule has 0 aliphatic carbocycles. The molecular formula is C22H19NO2. The van der Waals surface area contributed by atoms with Crippen molar-refractivity contribution >= 4 is 11.6 Å². The zero-order valence-corrected chi connectivity index (χ0v) is 14.1. The minimum atomic E-state index is 0.0402. The highest BCUT2D eigenvalue weighted by molar-refractivity contribution is 6.07. The van der Waals surface area contributed by atoms with Crippen LogP contribution in [0.4, 0.5) is 5.69 Å². The molecular weight excluding hydrogens is 310 g/mol. The van der Waals surface area contributed by atoms with Gasteiger partial charge in [0.1, 0.15) is 5.75 Å². The molecule has 0 aromatic heterocycles. The molecule has 1 amide bonds. The van der Waals surface area contributed by atoms with Crippen molar-refractivity contribution in [1.82, 2.24) is 0 Å². The van der Waals surface area contributed by atoms with Gasteiger partial charge in [-0.25, -0.2) is 0 Å². The van der Waals surface area contributed by atoms with Gasteiger partial charge in [0, 0.05) is 23.7 Å². The van der Waals surface area contributed by atoms with Crippen molar-refractivity contribution in [2.24, 2.45) is 0 Å². The lowest BCUT2D eigenvalue weighted by molar-refractivity contribution is 0.0988. The van der Waals surface area contributed by atoms with Gasteiger partial charge in [-0.1, -0.05) is 48.5 Å². The molecule has 0 saturated carbocycles. The maximum absolute atomic E-state index is 13.0. The van der Waals surface area contributed by atoms with Crippen LogP contribution in [0.15, 0.2) is 78.9 Å². The third kappa shape index (κ3) is 2.78. The predicted octanol–water partition coefficient (Wildman–Crippen LogP) is 4.49. The van der Waals surface area contributed by atoms with Gasteiger partial charge in [0.05, 0.1) is 7.11 Å². The molecule has 0 bridgehead atoms. The summed E-state index contributed by atoms with van der Waals surface area (Å²) >= 11 is 0. The summed E-state index contributed by atoms with van der Waals surface area (Å²) in [6.45, 7) is 0.639. The zero-order chi connectivity index (χ0) is 17.2. The van der Waals surface area contributed by atoms with Gasteiger partial charge in [-0.2, -0.15) is 0 Å². The second-order valence-electron chi connectivity index (χ2n) is 6.17. The molecule has 0 radical (unpaired) electrons. The molecule has 4 rings (SSSR count). The number of hydrogen-bond acceptors (Lipinski definition) is 2. The molecule has 0 spiro atoms. The number of benzene rings is 3. The smallest absolute Gasteiger partial charge is 0.258 e. The Morgan fingerprint density at radius 3 is 2.52 bits per heavy atom. The molecule has 3 nitrogen and oxygen atoms in total. The SMILES string of the molecule is COc1cccc(C2CN(C(=O)c3ccccc3)c3ccccc32)c1. The summed E-state index contributed by atoms with van der Waals surface area (Å²) in [6, 6.07) is 25.7. The number of hydrogen-bond donors (Lipinski definition) is 0. The Hall–Kier alpha value is -3.07. The van der Waals surface area contributed by atoms with E-state index in [1.54, 1.807) is 7.11 Å². The van der Waals surface area contributed by atoms with E-state index in [-0.39, 0.29) is 11.8 Å². The number of nitrogens with zero attached hydrogens (tertiary/aromatic N) is 1. The fourth-order valence-electron chi connectivity index (χ4n) is 3.48. The van der Waals surface area contributed by atoms with Crippen molar-refractivity contribution in [2.75, 3.05) is 18.6 Å². The molecule has 1 unspecified atom stereocenters. The van der Waals surface area contributed by atoms with E-state index in [9.17, 15) is 4.79 Å². The van der Waals surface area contributed by atoms with Crippen molar-refractivity contribution in [3.8, 4) is 5.75 Å². The first kappa shape index (κ1) is 15.5. The van der Waals surface area contributed by atoms with Crippen LogP contribution in [0.25, 0.3) is 0 Å². The third-order valence-electron chi connectivity index (χ3n) is 4.73. The highest BCUT2D eigenvalue weighted by atomic mass is 16.5. The van der Waals surface area contributed by atoms with Crippen molar-refractivity contribution in [3.05, 3.63) is 95.6 Å². The summed E-state index contributed by atoms with van der Waals surface area (Å²) < 4.78 is 5.37. The van der Waals surface area contributed by atoms with E-state index in [1.807, 2.05) is 65.6 Å². The molecule has 3 heteroatoms. The summed E-state index contributed by atoms with van der Waals surface area (Å²) in [7, 11) is 1.67. The largest absolute Gasteiger partial charge is 0.497 e. The third-order valence-corrected chi connectivity index (χ3v) is 4.73. The van der Waals surface area contributed by atoms with Crippen LogP contribution in [-0.4, -0.2) is 19.6 Å². The molecule has 1 heterocycles. The Balaban J connectivity index is 1.74. The van der Waals surface area contributed by atoms with Crippen LogP contribution >= 0.6 is 0 Å². The van der Waals surface area contributed by atoms with Gasteiger partial charge in [0.15, 0.2) is 0 Å².